The summed E-state index contributed by atoms with van der Waals surface area (Å²) in [6.07, 6.45) is 3.41. The number of nitrogens with zero attached hydrogens (tertiary/aromatic N) is 1. The van der Waals surface area contributed by atoms with Crippen LogP contribution in [-0.2, 0) is 25.5 Å². The molecule has 0 bridgehead atoms. The van der Waals surface area contributed by atoms with Gasteiger partial charge in [-0.2, -0.15) is 8.42 Å². The van der Waals surface area contributed by atoms with Crippen LogP contribution in [0.15, 0.2) is 17.9 Å². The quantitative estimate of drug-likeness (QED) is 0.784. The van der Waals surface area contributed by atoms with Gasteiger partial charge in [0.05, 0.1) is 17.9 Å². The molecule has 0 N–H and O–H groups in total. The number of benzene rings is 1. The van der Waals surface area contributed by atoms with Crippen molar-refractivity contribution in [3.63, 3.8) is 0 Å². The average molecular weight is 349 g/mol. The van der Waals surface area contributed by atoms with Crippen LogP contribution >= 0.6 is 0 Å². The second-order valence-electron chi connectivity index (χ2n) is 6.65. The molecule has 1 amide bonds. The van der Waals surface area contributed by atoms with E-state index in [1.807, 2.05) is 26.8 Å². The molecule has 2 heterocycles. The molecule has 1 atom stereocenters. The highest BCUT2D eigenvalue weighted by Crippen LogP contribution is 2.41. The lowest BCUT2D eigenvalue weighted by Gasteiger charge is -2.17. The van der Waals surface area contributed by atoms with Crippen LogP contribution in [0.25, 0.3) is 5.57 Å². The first-order valence-corrected chi connectivity index (χ1v) is 10.1. The van der Waals surface area contributed by atoms with E-state index >= 15 is 0 Å². The van der Waals surface area contributed by atoms with Crippen LogP contribution in [0.2, 0.25) is 0 Å². The fraction of sp³-hybridized carbons (Fsp3) is 0.500. The van der Waals surface area contributed by atoms with Gasteiger partial charge in [-0.05, 0) is 49.8 Å². The molecule has 1 unspecified atom stereocenters. The van der Waals surface area contributed by atoms with Crippen molar-refractivity contribution in [3.8, 4) is 0 Å². The van der Waals surface area contributed by atoms with E-state index < -0.39 is 10.1 Å². The molecule has 2 aliphatic rings. The number of rotatable bonds is 4. The summed E-state index contributed by atoms with van der Waals surface area (Å²) in [4.78, 5) is 14.7. The summed E-state index contributed by atoms with van der Waals surface area (Å²) in [5, 5.41) is 0. The van der Waals surface area contributed by atoms with Crippen LogP contribution in [0.4, 0.5) is 0 Å². The van der Waals surface area contributed by atoms with Gasteiger partial charge in [0.1, 0.15) is 0 Å². The summed E-state index contributed by atoms with van der Waals surface area (Å²) in [5.41, 5.74) is 4.42. The fourth-order valence-corrected chi connectivity index (χ4v) is 4.40. The Morgan fingerprint density at radius 3 is 2.62 bits per heavy atom. The van der Waals surface area contributed by atoms with Crippen molar-refractivity contribution in [1.82, 2.24) is 4.90 Å². The number of carbonyl (C=O) groups is 1. The molecule has 2 aliphatic heterocycles. The largest absolute Gasteiger partial charge is 0.384 e. The Balaban J connectivity index is 2.25. The highest BCUT2D eigenvalue weighted by Gasteiger charge is 2.45. The smallest absolute Gasteiger partial charge is 0.306 e. The van der Waals surface area contributed by atoms with Crippen LogP contribution < -0.4 is 0 Å². The number of carbonyl (C=O) groups excluding carboxylic acids is 1. The van der Waals surface area contributed by atoms with Gasteiger partial charge in [0, 0.05) is 6.54 Å². The first kappa shape index (κ1) is 17.0. The second-order valence-corrected chi connectivity index (χ2v) is 8.23. The molecule has 5 nitrogen and oxygen atoms in total. The first-order valence-electron chi connectivity index (χ1n) is 8.28. The zero-order valence-corrected chi connectivity index (χ0v) is 15.4. The lowest BCUT2D eigenvalue weighted by Crippen LogP contribution is -2.30. The molecule has 1 saturated heterocycles. The van der Waals surface area contributed by atoms with Crippen molar-refractivity contribution < 1.29 is 17.4 Å². The Morgan fingerprint density at radius 1 is 1.29 bits per heavy atom. The van der Waals surface area contributed by atoms with Gasteiger partial charge in [-0.15, -0.1) is 0 Å². The highest BCUT2D eigenvalue weighted by molar-refractivity contribution is 7.86. The maximum absolute atomic E-state index is 13.0. The predicted molar refractivity (Wildman–Crippen MR) is 92.9 cm³/mol. The summed E-state index contributed by atoms with van der Waals surface area (Å²) >= 11 is 0. The summed E-state index contributed by atoms with van der Waals surface area (Å²) in [7, 11) is -3.69. The van der Waals surface area contributed by atoms with Crippen molar-refractivity contribution in [2.75, 3.05) is 12.8 Å². The Bertz CT molecular complexity index is 839. The highest BCUT2D eigenvalue weighted by atomic mass is 32.2. The molecular weight excluding hydrogens is 326 g/mol. The summed E-state index contributed by atoms with van der Waals surface area (Å²) < 4.78 is 28.9. The number of fused-ring (bicyclic) bond motifs is 1. The van der Waals surface area contributed by atoms with Crippen molar-refractivity contribution in [1.29, 1.82) is 0 Å². The van der Waals surface area contributed by atoms with Crippen LogP contribution in [0, 0.1) is 13.8 Å². The second kappa shape index (κ2) is 5.92. The molecule has 3 rings (SSSR count). The maximum atomic E-state index is 13.0. The normalized spacial score (nSPS) is 20.8. The minimum atomic E-state index is -3.69. The molecule has 1 fully saturated rings. The van der Waals surface area contributed by atoms with Gasteiger partial charge in [-0.25, -0.2) is 0 Å². The molecule has 0 aromatic heterocycles. The van der Waals surface area contributed by atoms with Crippen molar-refractivity contribution in [2.45, 2.75) is 46.1 Å². The van der Waals surface area contributed by atoms with Crippen molar-refractivity contribution in [2.24, 2.45) is 0 Å². The van der Waals surface area contributed by atoms with Gasteiger partial charge in [-0.1, -0.05) is 24.6 Å². The van der Waals surface area contributed by atoms with Gasteiger partial charge < -0.3 is 9.08 Å². The van der Waals surface area contributed by atoms with Gasteiger partial charge in [0.2, 0.25) is 0 Å². The monoisotopic (exact) mass is 349 g/mol. The third kappa shape index (κ3) is 2.83. The molecule has 0 saturated carbocycles. The molecular formula is C18H23NO4S. The van der Waals surface area contributed by atoms with Gasteiger partial charge in [0.15, 0.2) is 5.76 Å². The average Bonchev–Trinajstić information content (AvgIpc) is 3.03. The van der Waals surface area contributed by atoms with Crippen molar-refractivity contribution >= 4 is 21.6 Å². The van der Waals surface area contributed by atoms with Crippen LogP contribution in [0.1, 0.15) is 42.0 Å². The third-order valence-electron chi connectivity index (χ3n) is 4.71. The summed E-state index contributed by atoms with van der Waals surface area (Å²) in [6, 6.07) is 3.83. The van der Waals surface area contributed by atoms with Gasteiger partial charge >= 0.3 is 10.1 Å². The van der Waals surface area contributed by atoms with E-state index in [-0.39, 0.29) is 11.9 Å². The van der Waals surface area contributed by atoms with E-state index in [2.05, 4.69) is 6.07 Å². The number of hydrogen-bond donors (Lipinski definition) is 0. The Labute approximate surface area is 143 Å². The molecule has 130 valence electrons. The van der Waals surface area contributed by atoms with Gasteiger partial charge in [-0.3, -0.25) is 4.79 Å². The molecule has 1 aromatic carbocycles. The molecule has 6 heteroatoms. The third-order valence-corrected chi connectivity index (χ3v) is 5.19. The topological polar surface area (TPSA) is 63.7 Å². The first-order chi connectivity index (χ1) is 11.2. The van der Waals surface area contributed by atoms with E-state index in [0.717, 1.165) is 47.8 Å². The number of amides is 1. The van der Waals surface area contributed by atoms with E-state index in [0.29, 0.717) is 17.9 Å². The molecule has 0 radical (unpaired) electrons. The fourth-order valence-electron chi connectivity index (χ4n) is 3.88. The molecule has 1 aromatic rings. The SMILES string of the molecule is CCc1cc(C)cc(C)c1C1=C(OS(C)(=O)=O)C2CCCN2C1=O. The molecule has 0 spiro atoms. The molecule has 24 heavy (non-hydrogen) atoms. The van der Waals surface area contributed by atoms with E-state index in [1.54, 1.807) is 4.90 Å². The van der Waals surface area contributed by atoms with E-state index in [1.165, 1.54) is 0 Å². The Hall–Kier alpha value is -1.82. The van der Waals surface area contributed by atoms with E-state index in [9.17, 15) is 13.2 Å². The Kier molecular flexibility index (Phi) is 4.20. The summed E-state index contributed by atoms with van der Waals surface area (Å²) in [6.45, 7) is 6.67. The maximum Gasteiger partial charge on any atom is 0.306 e. The molecule has 0 aliphatic carbocycles. The van der Waals surface area contributed by atoms with Crippen LogP contribution in [0.5, 0.6) is 0 Å². The predicted octanol–water partition coefficient (Wildman–Crippen LogP) is 2.56. The zero-order chi connectivity index (χ0) is 17.6. The number of aryl methyl sites for hydroxylation is 3. The lowest BCUT2D eigenvalue weighted by molar-refractivity contribution is -0.124. The lowest BCUT2D eigenvalue weighted by atomic mass is 9.90. The standard InChI is InChI=1S/C18H23NO4S/c1-5-13-10-11(2)9-12(3)15(13)16-17(23-24(4,21)22)14-7-6-8-19(14)18(16)20/h9-10,14H,5-8H2,1-4H3. The minimum absolute atomic E-state index is 0.113. The Morgan fingerprint density at radius 2 is 2.00 bits per heavy atom. The minimum Gasteiger partial charge on any atom is -0.384 e. The van der Waals surface area contributed by atoms with Crippen molar-refractivity contribution in [3.05, 3.63) is 40.1 Å². The van der Waals surface area contributed by atoms with E-state index in [4.69, 9.17) is 4.18 Å². The van der Waals surface area contributed by atoms with Gasteiger partial charge in [0.25, 0.3) is 5.91 Å². The summed E-state index contributed by atoms with van der Waals surface area (Å²) in [5.74, 6) is 0.194. The zero-order valence-electron chi connectivity index (χ0n) is 14.5. The van der Waals surface area contributed by atoms with Crippen LogP contribution in [-0.4, -0.2) is 38.1 Å². The van der Waals surface area contributed by atoms with Crippen LogP contribution in [0.3, 0.4) is 0 Å². The number of hydrogen-bond acceptors (Lipinski definition) is 4.